The molecule has 1 aromatic carbocycles. The molecule has 0 atom stereocenters. The first kappa shape index (κ1) is 12.6. The zero-order chi connectivity index (χ0) is 13.1. The van der Waals surface area contributed by atoms with Crippen LogP contribution < -0.4 is 4.74 Å². The SMILES string of the molecule is O=C(O)c1cc(COc2ccc(F)c(Br)c2)on1. The number of aromatic nitrogens is 1. The summed E-state index contributed by atoms with van der Waals surface area (Å²) in [5, 5.41) is 12.0. The van der Waals surface area contributed by atoms with E-state index in [4.69, 9.17) is 14.4 Å². The number of carbonyl (C=O) groups is 1. The van der Waals surface area contributed by atoms with Gasteiger partial charge in [-0.1, -0.05) is 5.16 Å². The van der Waals surface area contributed by atoms with Crippen molar-refractivity contribution in [3.8, 4) is 5.75 Å². The average Bonchev–Trinajstić information content (AvgIpc) is 2.79. The van der Waals surface area contributed by atoms with Crippen molar-refractivity contribution in [1.82, 2.24) is 5.16 Å². The number of hydrogen-bond acceptors (Lipinski definition) is 4. The van der Waals surface area contributed by atoms with Crippen LogP contribution in [0.15, 0.2) is 33.3 Å². The molecule has 0 aliphatic rings. The number of ether oxygens (including phenoxy) is 1. The number of rotatable bonds is 4. The second-order valence-corrected chi connectivity index (χ2v) is 4.20. The summed E-state index contributed by atoms with van der Waals surface area (Å²) in [7, 11) is 0. The molecule has 0 amide bonds. The molecule has 0 aliphatic heterocycles. The van der Waals surface area contributed by atoms with Crippen LogP contribution in [0.4, 0.5) is 4.39 Å². The van der Waals surface area contributed by atoms with Crippen molar-refractivity contribution < 1.29 is 23.6 Å². The summed E-state index contributed by atoms with van der Waals surface area (Å²) in [5.41, 5.74) is -0.186. The lowest BCUT2D eigenvalue weighted by atomic mass is 10.3. The summed E-state index contributed by atoms with van der Waals surface area (Å²) in [6, 6.07) is 5.43. The molecule has 0 unspecified atom stereocenters. The highest BCUT2D eigenvalue weighted by atomic mass is 79.9. The summed E-state index contributed by atoms with van der Waals surface area (Å²) in [5.74, 6) is -0.867. The Bertz CT molecular complexity index is 584. The van der Waals surface area contributed by atoms with Gasteiger partial charge < -0.3 is 14.4 Å². The van der Waals surface area contributed by atoms with Gasteiger partial charge in [0.2, 0.25) is 0 Å². The van der Waals surface area contributed by atoms with Crippen LogP contribution in [-0.4, -0.2) is 16.2 Å². The maximum atomic E-state index is 13.0. The van der Waals surface area contributed by atoms with Crippen LogP contribution >= 0.6 is 15.9 Å². The standard InChI is InChI=1S/C11H7BrFNO4/c12-8-3-6(1-2-9(8)13)17-5-7-4-10(11(15)16)14-18-7/h1-4H,5H2,(H,15,16). The third-order valence-corrected chi connectivity index (χ3v) is 2.66. The molecule has 0 fully saturated rings. The van der Waals surface area contributed by atoms with Crippen molar-refractivity contribution in [2.24, 2.45) is 0 Å². The monoisotopic (exact) mass is 315 g/mol. The first-order chi connectivity index (χ1) is 8.56. The van der Waals surface area contributed by atoms with Crippen LogP contribution in [0.5, 0.6) is 5.75 Å². The number of aromatic carboxylic acids is 1. The molecule has 0 aliphatic carbocycles. The lowest BCUT2D eigenvalue weighted by Gasteiger charge is -2.04. The summed E-state index contributed by atoms with van der Waals surface area (Å²) in [6.45, 7) is 0.0123. The molecular formula is C11H7BrFNO4. The van der Waals surface area contributed by atoms with Crippen molar-refractivity contribution >= 4 is 21.9 Å². The minimum absolute atomic E-state index is 0.0123. The van der Waals surface area contributed by atoms with E-state index >= 15 is 0 Å². The van der Waals surface area contributed by atoms with E-state index in [1.165, 1.54) is 24.3 Å². The van der Waals surface area contributed by atoms with Crippen molar-refractivity contribution in [2.45, 2.75) is 6.61 Å². The number of halogens is 2. The normalized spacial score (nSPS) is 10.3. The van der Waals surface area contributed by atoms with E-state index in [1.807, 2.05) is 0 Å². The molecule has 2 aromatic rings. The Morgan fingerprint density at radius 1 is 1.50 bits per heavy atom. The highest BCUT2D eigenvalue weighted by molar-refractivity contribution is 9.10. The van der Waals surface area contributed by atoms with Gasteiger partial charge in [-0.05, 0) is 34.1 Å². The van der Waals surface area contributed by atoms with Gasteiger partial charge in [-0.25, -0.2) is 9.18 Å². The molecule has 1 heterocycles. The van der Waals surface area contributed by atoms with Crippen LogP contribution in [0.1, 0.15) is 16.2 Å². The van der Waals surface area contributed by atoms with Crippen molar-refractivity contribution in [1.29, 1.82) is 0 Å². The summed E-state index contributed by atoms with van der Waals surface area (Å²) >= 11 is 3.03. The number of carboxylic acid groups (broad SMARTS) is 1. The molecule has 2 rings (SSSR count). The van der Waals surface area contributed by atoms with Gasteiger partial charge in [0.1, 0.15) is 18.2 Å². The van der Waals surface area contributed by atoms with E-state index in [0.717, 1.165) is 0 Å². The van der Waals surface area contributed by atoms with E-state index < -0.39 is 11.8 Å². The van der Waals surface area contributed by atoms with Gasteiger partial charge in [0, 0.05) is 6.07 Å². The summed E-state index contributed by atoms with van der Waals surface area (Å²) < 4.78 is 23.3. The van der Waals surface area contributed by atoms with Crippen molar-refractivity contribution in [2.75, 3.05) is 0 Å². The molecule has 0 saturated heterocycles. The first-order valence-electron chi connectivity index (χ1n) is 4.83. The van der Waals surface area contributed by atoms with Crippen LogP contribution in [0.2, 0.25) is 0 Å². The lowest BCUT2D eigenvalue weighted by Crippen LogP contribution is -1.96. The molecular weight excluding hydrogens is 309 g/mol. The Balaban J connectivity index is 2.02. The van der Waals surface area contributed by atoms with Crippen LogP contribution in [0, 0.1) is 5.82 Å². The first-order valence-corrected chi connectivity index (χ1v) is 5.62. The summed E-state index contributed by atoms with van der Waals surface area (Å²) in [4.78, 5) is 10.6. The van der Waals surface area contributed by atoms with E-state index in [-0.39, 0.29) is 22.5 Å². The molecule has 0 saturated carbocycles. The van der Waals surface area contributed by atoms with Gasteiger partial charge >= 0.3 is 5.97 Å². The quantitative estimate of drug-likeness (QED) is 0.939. The maximum absolute atomic E-state index is 13.0. The fourth-order valence-corrected chi connectivity index (χ4v) is 1.56. The van der Waals surface area contributed by atoms with Gasteiger partial charge in [-0.2, -0.15) is 0 Å². The molecule has 1 N–H and O–H groups in total. The second kappa shape index (κ2) is 5.18. The maximum Gasteiger partial charge on any atom is 0.358 e. The smallest absolute Gasteiger partial charge is 0.358 e. The molecule has 5 nitrogen and oxygen atoms in total. The largest absolute Gasteiger partial charge is 0.486 e. The van der Waals surface area contributed by atoms with E-state index in [1.54, 1.807) is 0 Å². The van der Waals surface area contributed by atoms with Gasteiger partial charge in [-0.3, -0.25) is 0 Å². The van der Waals surface area contributed by atoms with E-state index in [0.29, 0.717) is 5.75 Å². The van der Waals surface area contributed by atoms with Crippen LogP contribution in [-0.2, 0) is 6.61 Å². The lowest BCUT2D eigenvalue weighted by molar-refractivity contribution is 0.0685. The third kappa shape index (κ3) is 2.86. The Morgan fingerprint density at radius 2 is 2.28 bits per heavy atom. The van der Waals surface area contributed by atoms with Gasteiger partial charge in [-0.15, -0.1) is 0 Å². The molecule has 0 bridgehead atoms. The predicted molar refractivity (Wildman–Crippen MR) is 61.9 cm³/mol. The Hall–Kier alpha value is -1.89. The highest BCUT2D eigenvalue weighted by Gasteiger charge is 2.11. The minimum atomic E-state index is -1.17. The van der Waals surface area contributed by atoms with Crippen LogP contribution in [0.3, 0.4) is 0 Å². The fourth-order valence-electron chi connectivity index (χ4n) is 1.20. The topological polar surface area (TPSA) is 72.6 Å². The van der Waals surface area contributed by atoms with Crippen molar-refractivity contribution in [3.63, 3.8) is 0 Å². The molecule has 7 heteroatoms. The van der Waals surface area contributed by atoms with E-state index in [9.17, 15) is 9.18 Å². The number of hydrogen-bond donors (Lipinski definition) is 1. The minimum Gasteiger partial charge on any atom is -0.486 e. The fraction of sp³-hybridized carbons (Fsp3) is 0.0909. The third-order valence-electron chi connectivity index (χ3n) is 2.05. The number of carboxylic acids is 1. The van der Waals surface area contributed by atoms with Crippen LogP contribution in [0.25, 0.3) is 0 Å². The Kier molecular flexibility index (Phi) is 3.61. The highest BCUT2D eigenvalue weighted by Crippen LogP contribution is 2.22. The number of benzene rings is 1. The van der Waals surface area contributed by atoms with E-state index in [2.05, 4.69) is 21.1 Å². The molecule has 18 heavy (non-hydrogen) atoms. The molecule has 94 valence electrons. The molecule has 0 spiro atoms. The predicted octanol–water partition coefficient (Wildman–Crippen LogP) is 2.85. The number of nitrogens with zero attached hydrogens (tertiary/aromatic N) is 1. The molecule has 0 radical (unpaired) electrons. The van der Waals surface area contributed by atoms with Gasteiger partial charge in [0.25, 0.3) is 0 Å². The summed E-state index contributed by atoms with van der Waals surface area (Å²) in [6.07, 6.45) is 0. The Morgan fingerprint density at radius 3 is 2.89 bits per heavy atom. The zero-order valence-corrected chi connectivity index (χ0v) is 10.5. The zero-order valence-electron chi connectivity index (χ0n) is 8.89. The van der Waals surface area contributed by atoms with Gasteiger partial charge in [0.05, 0.1) is 4.47 Å². The molecule has 1 aromatic heterocycles. The van der Waals surface area contributed by atoms with Gasteiger partial charge in [0.15, 0.2) is 11.5 Å². The average molecular weight is 316 g/mol. The Labute approximate surface area is 109 Å². The van der Waals surface area contributed by atoms with Crippen molar-refractivity contribution in [3.05, 3.63) is 46.0 Å². The second-order valence-electron chi connectivity index (χ2n) is 3.35.